The zero-order chi connectivity index (χ0) is 11.3. The molecule has 1 aromatic carbocycles. The van der Waals surface area contributed by atoms with Crippen LogP contribution < -0.4 is 5.32 Å². The summed E-state index contributed by atoms with van der Waals surface area (Å²) in [7, 11) is 0. The van der Waals surface area contributed by atoms with Gasteiger partial charge in [-0.25, -0.2) is 4.98 Å². The van der Waals surface area contributed by atoms with Gasteiger partial charge in [-0.1, -0.05) is 0 Å². The maximum absolute atomic E-state index is 9.65. The molecule has 16 heavy (non-hydrogen) atoms. The van der Waals surface area contributed by atoms with Crippen molar-refractivity contribution < 1.29 is 5.11 Å². The Balaban J connectivity index is 2.27. The van der Waals surface area contributed by atoms with Crippen molar-refractivity contribution in [2.75, 3.05) is 11.9 Å². The number of fused-ring (bicyclic) bond motifs is 3. The number of imidazole rings is 1. The molecule has 0 saturated carbocycles. The molecule has 0 fully saturated rings. The summed E-state index contributed by atoms with van der Waals surface area (Å²) >= 11 is 0. The highest BCUT2D eigenvalue weighted by Gasteiger charge is 2.19. The first-order valence-electron chi connectivity index (χ1n) is 5.54. The molecular formula is C12H15N3O. The van der Waals surface area contributed by atoms with Crippen molar-refractivity contribution in [3.63, 3.8) is 0 Å². The molecule has 2 N–H and O–H groups in total. The van der Waals surface area contributed by atoms with E-state index in [9.17, 15) is 5.11 Å². The van der Waals surface area contributed by atoms with Crippen molar-refractivity contribution >= 4 is 17.0 Å². The van der Waals surface area contributed by atoms with Crippen LogP contribution in [0.2, 0.25) is 0 Å². The highest BCUT2D eigenvalue weighted by molar-refractivity contribution is 5.80. The first-order valence-corrected chi connectivity index (χ1v) is 5.54. The summed E-state index contributed by atoms with van der Waals surface area (Å²) in [5.74, 6) is 0.866. The van der Waals surface area contributed by atoms with Crippen molar-refractivity contribution in [2.45, 2.75) is 26.5 Å². The third-order valence-electron chi connectivity index (χ3n) is 3.25. The van der Waals surface area contributed by atoms with E-state index >= 15 is 0 Å². The van der Waals surface area contributed by atoms with E-state index in [1.165, 1.54) is 11.1 Å². The lowest BCUT2D eigenvalue weighted by Crippen LogP contribution is -2.31. The van der Waals surface area contributed by atoms with Crippen LogP contribution in [0.4, 0.5) is 5.95 Å². The Morgan fingerprint density at radius 1 is 1.38 bits per heavy atom. The van der Waals surface area contributed by atoms with Gasteiger partial charge in [0.15, 0.2) is 0 Å². The Labute approximate surface area is 93.9 Å². The van der Waals surface area contributed by atoms with Crippen molar-refractivity contribution in [3.8, 4) is 0 Å². The largest absolute Gasteiger partial charge is 0.389 e. The van der Waals surface area contributed by atoms with E-state index in [0.717, 1.165) is 17.0 Å². The molecule has 0 aliphatic carbocycles. The molecule has 1 atom stereocenters. The average molecular weight is 217 g/mol. The minimum Gasteiger partial charge on any atom is -0.389 e. The average Bonchev–Trinajstić information content (AvgIpc) is 2.57. The number of aryl methyl sites for hydroxylation is 2. The van der Waals surface area contributed by atoms with E-state index in [0.29, 0.717) is 13.1 Å². The second-order valence-corrected chi connectivity index (χ2v) is 4.51. The quantitative estimate of drug-likeness (QED) is 0.702. The Morgan fingerprint density at radius 2 is 2.12 bits per heavy atom. The zero-order valence-electron chi connectivity index (χ0n) is 9.49. The van der Waals surface area contributed by atoms with Crippen LogP contribution in [0, 0.1) is 13.8 Å². The standard InChI is InChI=1S/C12H15N3O/c1-7-3-10-11(4-8(7)2)15-6-9(16)5-13-12(15)14-10/h3-4,9,16H,5-6H2,1-2H3,(H,13,14). The highest BCUT2D eigenvalue weighted by Crippen LogP contribution is 2.25. The van der Waals surface area contributed by atoms with E-state index in [-0.39, 0.29) is 6.10 Å². The van der Waals surface area contributed by atoms with Crippen LogP contribution in [-0.2, 0) is 6.54 Å². The molecule has 1 unspecified atom stereocenters. The molecule has 1 aliphatic heterocycles. The van der Waals surface area contributed by atoms with Crippen LogP contribution in [0.1, 0.15) is 11.1 Å². The maximum atomic E-state index is 9.65. The van der Waals surface area contributed by atoms with Crippen LogP contribution in [0.15, 0.2) is 12.1 Å². The smallest absolute Gasteiger partial charge is 0.204 e. The van der Waals surface area contributed by atoms with E-state index < -0.39 is 0 Å². The van der Waals surface area contributed by atoms with Gasteiger partial charge in [0.2, 0.25) is 5.95 Å². The van der Waals surface area contributed by atoms with Crippen LogP contribution >= 0.6 is 0 Å². The molecule has 0 radical (unpaired) electrons. The maximum Gasteiger partial charge on any atom is 0.204 e. The van der Waals surface area contributed by atoms with Gasteiger partial charge in [-0.05, 0) is 37.1 Å². The molecule has 4 nitrogen and oxygen atoms in total. The number of nitrogens with one attached hydrogen (secondary N) is 1. The number of aliphatic hydroxyl groups excluding tert-OH is 1. The molecule has 0 spiro atoms. The number of anilines is 1. The highest BCUT2D eigenvalue weighted by atomic mass is 16.3. The number of nitrogens with zero attached hydrogens (tertiary/aromatic N) is 2. The minimum absolute atomic E-state index is 0.327. The third-order valence-corrected chi connectivity index (χ3v) is 3.25. The number of hydrogen-bond donors (Lipinski definition) is 2. The number of rotatable bonds is 0. The minimum atomic E-state index is -0.327. The second kappa shape index (κ2) is 3.22. The van der Waals surface area contributed by atoms with Gasteiger partial charge in [0.05, 0.1) is 23.7 Å². The summed E-state index contributed by atoms with van der Waals surface area (Å²) in [6.45, 7) is 5.40. The van der Waals surface area contributed by atoms with Crippen molar-refractivity contribution in [3.05, 3.63) is 23.3 Å². The number of β-amino-alcohol motifs (C(OH)–C–C–N with tert-alkyl or cyclic N) is 1. The first kappa shape index (κ1) is 9.66. The summed E-state index contributed by atoms with van der Waals surface area (Å²) in [6, 6.07) is 4.24. The molecule has 2 aromatic rings. The molecule has 3 rings (SSSR count). The molecule has 1 aliphatic rings. The lowest BCUT2D eigenvalue weighted by Gasteiger charge is -2.21. The molecule has 0 saturated heterocycles. The Hall–Kier alpha value is -1.55. The van der Waals surface area contributed by atoms with Gasteiger partial charge in [0, 0.05) is 6.54 Å². The summed E-state index contributed by atoms with van der Waals surface area (Å²) in [4.78, 5) is 4.53. The normalized spacial score (nSPS) is 19.6. The molecule has 0 amide bonds. The summed E-state index contributed by atoms with van der Waals surface area (Å²) in [5.41, 5.74) is 4.61. The molecule has 2 heterocycles. The molecule has 4 heteroatoms. The number of aromatic nitrogens is 2. The fourth-order valence-electron chi connectivity index (χ4n) is 2.18. The number of aliphatic hydroxyl groups is 1. The summed E-state index contributed by atoms with van der Waals surface area (Å²) in [6.07, 6.45) is -0.327. The topological polar surface area (TPSA) is 50.1 Å². The molecular weight excluding hydrogens is 202 g/mol. The predicted molar refractivity (Wildman–Crippen MR) is 63.7 cm³/mol. The van der Waals surface area contributed by atoms with Gasteiger partial charge in [-0.2, -0.15) is 0 Å². The molecule has 1 aromatic heterocycles. The Bertz CT molecular complexity index is 559. The molecule has 0 bridgehead atoms. The number of benzene rings is 1. The predicted octanol–water partition coefficient (Wildman–Crippen LogP) is 1.44. The lowest BCUT2D eigenvalue weighted by molar-refractivity contribution is 0.161. The van der Waals surface area contributed by atoms with Gasteiger partial charge >= 0.3 is 0 Å². The van der Waals surface area contributed by atoms with Crippen LogP contribution in [0.25, 0.3) is 11.0 Å². The van der Waals surface area contributed by atoms with E-state index in [4.69, 9.17) is 0 Å². The van der Waals surface area contributed by atoms with E-state index in [2.05, 4.69) is 40.8 Å². The third kappa shape index (κ3) is 1.30. The zero-order valence-corrected chi connectivity index (χ0v) is 9.49. The van der Waals surface area contributed by atoms with Gasteiger partial charge in [0.1, 0.15) is 0 Å². The van der Waals surface area contributed by atoms with Crippen LogP contribution in [-0.4, -0.2) is 27.3 Å². The summed E-state index contributed by atoms with van der Waals surface area (Å²) in [5, 5.41) is 12.8. The monoisotopic (exact) mass is 217 g/mol. The van der Waals surface area contributed by atoms with E-state index in [1.54, 1.807) is 0 Å². The fourth-order valence-corrected chi connectivity index (χ4v) is 2.18. The van der Waals surface area contributed by atoms with E-state index in [1.807, 2.05) is 0 Å². The fraction of sp³-hybridized carbons (Fsp3) is 0.417. The summed E-state index contributed by atoms with van der Waals surface area (Å²) < 4.78 is 2.05. The van der Waals surface area contributed by atoms with Gasteiger partial charge in [0.25, 0.3) is 0 Å². The first-order chi connectivity index (χ1) is 7.65. The second-order valence-electron chi connectivity index (χ2n) is 4.51. The van der Waals surface area contributed by atoms with Crippen molar-refractivity contribution in [2.24, 2.45) is 0 Å². The van der Waals surface area contributed by atoms with Crippen LogP contribution in [0.3, 0.4) is 0 Å². The van der Waals surface area contributed by atoms with Crippen molar-refractivity contribution in [1.82, 2.24) is 9.55 Å². The number of hydrogen-bond acceptors (Lipinski definition) is 3. The van der Waals surface area contributed by atoms with Gasteiger partial charge in [-0.15, -0.1) is 0 Å². The van der Waals surface area contributed by atoms with Gasteiger partial charge in [-0.3, -0.25) is 0 Å². The lowest BCUT2D eigenvalue weighted by atomic mass is 10.1. The SMILES string of the molecule is Cc1cc2nc3n(c2cc1C)CC(O)CN3. The van der Waals surface area contributed by atoms with Crippen LogP contribution in [0.5, 0.6) is 0 Å². The van der Waals surface area contributed by atoms with Crippen molar-refractivity contribution in [1.29, 1.82) is 0 Å². The Morgan fingerprint density at radius 3 is 2.94 bits per heavy atom. The molecule has 84 valence electrons. The Kier molecular flexibility index (Phi) is 1.94. The van der Waals surface area contributed by atoms with Gasteiger partial charge < -0.3 is 15.0 Å².